The Morgan fingerprint density at radius 2 is 1.67 bits per heavy atom. The van der Waals surface area contributed by atoms with Gasteiger partial charge in [0, 0.05) is 49.2 Å². The van der Waals surface area contributed by atoms with Gasteiger partial charge >= 0.3 is 0 Å². The molecule has 0 atom stereocenters. The Labute approximate surface area is 225 Å². The Bertz CT molecular complexity index is 1700. The van der Waals surface area contributed by atoms with Crippen LogP contribution in [-0.4, -0.2) is 49.0 Å². The number of aromatic nitrogens is 5. The Morgan fingerprint density at radius 1 is 0.923 bits per heavy atom. The van der Waals surface area contributed by atoms with Gasteiger partial charge in [-0.3, -0.25) is 9.69 Å². The second-order valence-electron chi connectivity index (χ2n) is 9.60. The minimum atomic E-state index is -0.249. The summed E-state index contributed by atoms with van der Waals surface area (Å²) in [6.45, 7) is 2.78. The number of hydrogen-bond donors (Lipinski definition) is 2. The lowest BCUT2D eigenvalue weighted by molar-refractivity contribution is 0.211. The first-order valence-corrected chi connectivity index (χ1v) is 12.9. The molecule has 0 bridgehead atoms. The molecule has 39 heavy (non-hydrogen) atoms. The summed E-state index contributed by atoms with van der Waals surface area (Å²) in [7, 11) is 0. The molecular formula is C30H26N8O. The van der Waals surface area contributed by atoms with Crippen molar-refractivity contribution in [2.75, 3.05) is 18.4 Å². The normalized spacial score (nSPS) is 14.2. The Hall–Kier alpha value is -4.94. The number of fused-ring (bicyclic) bond motifs is 1. The predicted molar refractivity (Wildman–Crippen MR) is 150 cm³/mol. The molecule has 1 saturated heterocycles. The van der Waals surface area contributed by atoms with Gasteiger partial charge < -0.3 is 10.3 Å². The van der Waals surface area contributed by atoms with E-state index in [1.807, 2.05) is 36.4 Å². The Morgan fingerprint density at radius 3 is 2.44 bits per heavy atom. The number of nitrogens with one attached hydrogen (secondary N) is 2. The summed E-state index contributed by atoms with van der Waals surface area (Å²) in [6.07, 6.45) is 5.19. The van der Waals surface area contributed by atoms with Crippen molar-refractivity contribution in [2.45, 2.75) is 25.4 Å². The van der Waals surface area contributed by atoms with Crippen LogP contribution in [0.5, 0.6) is 0 Å². The molecule has 0 unspecified atom stereocenters. The molecule has 0 saturated carbocycles. The summed E-state index contributed by atoms with van der Waals surface area (Å²) in [5.74, 6) is 0.877. The average Bonchev–Trinajstić information content (AvgIpc) is 2.99. The van der Waals surface area contributed by atoms with Crippen molar-refractivity contribution in [3.8, 4) is 28.6 Å². The smallest absolute Gasteiger partial charge is 0.276 e. The average molecular weight is 515 g/mol. The van der Waals surface area contributed by atoms with Gasteiger partial charge in [-0.2, -0.15) is 5.26 Å². The van der Waals surface area contributed by atoms with Crippen molar-refractivity contribution in [1.29, 1.82) is 5.26 Å². The van der Waals surface area contributed by atoms with Gasteiger partial charge in [-0.25, -0.2) is 19.9 Å². The lowest BCUT2D eigenvalue weighted by Crippen LogP contribution is -2.38. The second-order valence-corrected chi connectivity index (χ2v) is 9.60. The maximum atomic E-state index is 12.5. The van der Waals surface area contributed by atoms with E-state index in [-0.39, 0.29) is 11.4 Å². The number of nitrogens with zero attached hydrogens (tertiary/aromatic N) is 6. The molecule has 2 aromatic carbocycles. The summed E-state index contributed by atoms with van der Waals surface area (Å²) in [6, 6.07) is 24.2. The third-order valence-corrected chi connectivity index (χ3v) is 6.97. The second kappa shape index (κ2) is 10.8. The zero-order valence-electron chi connectivity index (χ0n) is 21.2. The molecule has 2 N–H and O–H groups in total. The summed E-state index contributed by atoms with van der Waals surface area (Å²) >= 11 is 0. The topological polar surface area (TPSA) is 123 Å². The maximum absolute atomic E-state index is 12.5. The van der Waals surface area contributed by atoms with Crippen molar-refractivity contribution in [1.82, 2.24) is 29.8 Å². The number of anilines is 1. The number of hydrogen-bond acceptors (Lipinski definition) is 8. The quantitative estimate of drug-likeness (QED) is 0.342. The van der Waals surface area contributed by atoms with Crippen LogP contribution in [0, 0.1) is 11.3 Å². The first kappa shape index (κ1) is 24.4. The van der Waals surface area contributed by atoms with E-state index in [1.165, 1.54) is 5.56 Å². The first-order chi connectivity index (χ1) is 19.2. The fourth-order valence-corrected chi connectivity index (χ4v) is 4.96. The van der Waals surface area contributed by atoms with Gasteiger partial charge in [-0.15, -0.1) is 0 Å². The Kier molecular flexibility index (Phi) is 6.76. The third-order valence-electron chi connectivity index (χ3n) is 6.97. The van der Waals surface area contributed by atoms with Crippen molar-refractivity contribution in [2.24, 2.45) is 0 Å². The summed E-state index contributed by atoms with van der Waals surface area (Å²) < 4.78 is 0. The highest BCUT2D eigenvalue weighted by Gasteiger charge is 2.20. The lowest BCUT2D eigenvalue weighted by Gasteiger charge is -2.32. The maximum Gasteiger partial charge on any atom is 0.276 e. The standard InChI is InChI=1S/C30H26N8O/c31-18-26-32-15-11-25(36-26)34-23-12-16-38(17-13-23)19-20-6-8-22(9-7-20)28-27(21-4-2-1-3-5-21)35-24-10-14-33-30(39)29(24)37-28/h1-11,14-15,23H,12-13,16-17,19H2,(H,33,39)(H,32,34,36). The van der Waals surface area contributed by atoms with E-state index in [0.717, 1.165) is 49.3 Å². The van der Waals surface area contributed by atoms with E-state index >= 15 is 0 Å². The summed E-state index contributed by atoms with van der Waals surface area (Å²) in [5, 5.41) is 12.4. The van der Waals surface area contributed by atoms with Crippen LogP contribution in [0.15, 0.2) is 83.9 Å². The predicted octanol–water partition coefficient (Wildman–Crippen LogP) is 4.39. The fraction of sp³-hybridized carbons (Fsp3) is 0.200. The minimum Gasteiger partial charge on any atom is -0.367 e. The number of aromatic amines is 1. The van der Waals surface area contributed by atoms with Crippen LogP contribution in [0.1, 0.15) is 24.2 Å². The molecule has 5 aromatic rings. The highest BCUT2D eigenvalue weighted by molar-refractivity contribution is 5.85. The van der Waals surface area contributed by atoms with Crippen molar-refractivity contribution in [3.63, 3.8) is 0 Å². The summed E-state index contributed by atoms with van der Waals surface area (Å²) in [5.41, 5.74) is 5.18. The molecule has 9 nitrogen and oxygen atoms in total. The molecular weight excluding hydrogens is 488 g/mol. The van der Waals surface area contributed by atoms with Gasteiger partial charge in [-0.1, -0.05) is 54.6 Å². The molecule has 0 amide bonds. The molecule has 6 rings (SSSR count). The molecule has 0 aliphatic carbocycles. The van der Waals surface area contributed by atoms with Gasteiger partial charge in [0.1, 0.15) is 11.9 Å². The largest absolute Gasteiger partial charge is 0.367 e. The number of likely N-dealkylation sites (tertiary alicyclic amines) is 1. The molecule has 4 heterocycles. The van der Waals surface area contributed by atoms with Crippen molar-refractivity contribution in [3.05, 3.63) is 101 Å². The minimum absolute atomic E-state index is 0.179. The van der Waals surface area contributed by atoms with Crippen LogP contribution in [0.4, 0.5) is 5.82 Å². The highest BCUT2D eigenvalue weighted by atomic mass is 16.1. The highest BCUT2D eigenvalue weighted by Crippen LogP contribution is 2.30. The zero-order chi connectivity index (χ0) is 26.6. The monoisotopic (exact) mass is 514 g/mol. The third kappa shape index (κ3) is 5.37. The first-order valence-electron chi connectivity index (χ1n) is 12.9. The molecule has 1 fully saturated rings. The van der Waals surface area contributed by atoms with E-state index in [9.17, 15) is 4.79 Å². The van der Waals surface area contributed by atoms with Gasteiger partial charge in [-0.05, 0) is 30.5 Å². The van der Waals surface area contributed by atoms with Crippen LogP contribution in [0.3, 0.4) is 0 Å². The van der Waals surface area contributed by atoms with E-state index in [1.54, 1.807) is 24.5 Å². The molecule has 0 spiro atoms. The number of benzene rings is 2. The lowest BCUT2D eigenvalue weighted by atomic mass is 10.0. The van der Waals surface area contributed by atoms with Gasteiger partial charge in [0.2, 0.25) is 5.82 Å². The van der Waals surface area contributed by atoms with Crippen molar-refractivity contribution >= 4 is 16.9 Å². The molecule has 9 heteroatoms. The number of H-pyrrole nitrogens is 1. The number of piperidine rings is 1. The summed E-state index contributed by atoms with van der Waals surface area (Å²) in [4.78, 5) is 35.3. The van der Waals surface area contributed by atoms with E-state index in [4.69, 9.17) is 15.2 Å². The zero-order valence-corrected chi connectivity index (χ0v) is 21.2. The van der Waals surface area contributed by atoms with Gasteiger partial charge in [0.15, 0.2) is 5.52 Å². The van der Waals surface area contributed by atoms with Crippen LogP contribution in [0.25, 0.3) is 33.5 Å². The van der Waals surface area contributed by atoms with E-state index in [2.05, 4.69) is 49.4 Å². The SMILES string of the molecule is N#Cc1nccc(NC2CCN(Cc3ccc(-c4nc5c(=O)[nH]ccc5nc4-c4ccccc4)cc3)CC2)n1. The van der Waals surface area contributed by atoms with E-state index in [0.29, 0.717) is 28.6 Å². The molecule has 192 valence electrons. The molecule has 3 aromatic heterocycles. The fourth-order valence-electron chi connectivity index (χ4n) is 4.96. The van der Waals surface area contributed by atoms with E-state index < -0.39 is 0 Å². The van der Waals surface area contributed by atoms with Crippen LogP contribution >= 0.6 is 0 Å². The van der Waals surface area contributed by atoms with Crippen molar-refractivity contribution < 1.29 is 0 Å². The van der Waals surface area contributed by atoms with Crippen LogP contribution < -0.4 is 10.9 Å². The number of pyridine rings is 1. The molecule has 0 radical (unpaired) electrons. The van der Waals surface area contributed by atoms with Gasteiger partial charge in [0.25, 0.3) is 5.56 Å². The van der Waals surface area contributed by atoms with Crippen LogP contribution in [-0.2, 0) is 6.54 Å². The Balaban J connectivity index is 1.17. The molecule has 1 aliphatic heterocycles. The number of rotatable bonds is 6. The van der Waals surface area contributed by atoms with Crippen LogP contribution in [0.2, 0.25) is 0 Å². The van der Waals surface area contributed by atoms with Gasteiger partial charge in [0.05, 0.1) is 16.9 Å². The molecule has 1 aliphatic rings. The number of nitriles is 1.